The standard InChI is InChI=1S/C21H27N3O3/c1-14-12-22-19(15(2)20(14)27-5)13-23-10-11-24(21(25)16(23)3)17-6-8-18(26-4)9-7-17/h6-9,12,16H,10-11,13H2,1-5H3/t16-/m0/s1. The van der Waals surface area contributed by atoms with Gasteiger partial charge in [0, 0.05) is 42.6 Å². The van der Waals surface area contributed by atoms with Crippen molar-refractivity contribution in [2.75, 3.05) is 32.2 Å². The van der Waals surface area contributed by atoms with Gasteiger partial charge < -0.3 is 14.4 Å². The van der Waals surface area contributed by atoms with Crippen LogP contribution in [0.4, 0.5) is 5.69 Å². The van der Waals surface area contributed by atoms with Crippen molar-refractivity contribution in [2.24, 2.45) is 0 Å². The van der Waals surface area contributed by atoms with Gasteiger partial charge in [-0.15, -0.1) is 0 Å². The summed E-state index contributed by atoms with van der Waals surface area (Å²) >= 11 is 0. The molecule has 1 atom stereocenters. The summed E-state index contributed by atoms with van der Waals surface area (Å²) in [5, 5.41) is 0. The van der Waals surface area contributed by atoms with Crippen LogP contribution in [-0.4, -0.2) is 49.1 Å². The monoisotopic (exact) mass is 369 g/mol. The van der Waals surface area contributed by atoms with Crippen molar-refractivity contribution < 1.29 is 14.3 Å². The molecule has 1 amide bonds. The molecule has 1 fully saturated rings. The fourth-order valence-electron chi connectivity index (χ4n) is 3.57. The molecular formula is C21H27N3O3. The highest BCUT2D eigenvalue weighted by Gasteiger charge is 2.32. The van der Waals surface area contributed by atoms with Crippen molar-refractivity contribution in [1.29, 1.82) is 0 Å². The maximum absolute atomic E-state index is 13.0. The summed E-state index contributed by atoms with van der Waals surface area (Å²) in [4.78, 5) is 21.5. The topological polar surface area (TPSA) is 54.9 Å². The molecule has 1 saturated heterocycles. The molecule has 2 aromatic rings. The molecule has 0 bridgehead atoms. The highest BCUT2D eigenvalue weighted by atomic mass is 16.5. The van der Waals surface area contributed by atoms with E-state index in [1.54, 1.807) is 14.2 Å². The highest BCUT2D eigenvalue weighted by molar-refractivity contribution is 5.97. The maximum atomic E-state index is 13.0. The number of amides is 1. The van der Waals surface area contributed by atoms with Crippen LogP contribution in [0.5, 0.6) is 11.5 Å². The molecule has 3 rings (SSSR count). The van der Waals surface area contributed by atoms with Gasteiger partial charge in [0.15, 0.2) is 0 Å². The molecule has 1 aromatic carbocycles. The molecule has 0 radical (unpaired) electrons. The molecule has 6 nitrogen and oxygen atoms in total. The van der Waals surface area contributed by atoms with Gasteiger partial charge >= 0.3 is 0 Å². The Balaban J connectivity index is 1.75. The van der Waals surface area contributed by atoms with Crippen molar-refractivity contribution >= 4 is 11.6 Å². The normalized spacial score (nSPS) is 17.9. The van der Waals surface area contributed by atoms with E-state index < -0.39 is 0 Å². The van der Waals surface area contributed by atoms with E-state index in [4.69, 9.17) is 9.47 Å². The van der Waals surface area contributed by atoms with Crippen molar-refractivity contribution in [1.82, 2.24) is 9.88 Å². The fourth-order valence-corrected chi connectivity index (χ4v) is 3.57. The number of carbonyl (C=O) groups excluding carboxylic acids is 1. The smallest absolute Gasteiger partial charge is 0.244 e. The molecule has 2 heterocycles. The molecule has 0 saturated carbocycles. The van der Waals surface area contributed by atoms with E-state index in [1.807, 2.05) is 56.1 Å². The number of aryl methyl sites for hydroxylation is 1. The number of aromatic nitrogens is 1. The summed E-state index contributed by atoms with van der Waals surface area (Å²) < 4.78 is 10.7. The highest BCUT2D eigenvalue weighted by Crippen LogP contribution is 2.27. The molecule has 0 spiro atoms. The predicted molar refractivity (Wildman–Crippen MR) is 105 cm³/mol. The van der Waals surface area contributed by atoms with E-state index in [9.17, 15) is 4.79 Å². The Morgan fingerprint density at radius 1 is 1.11 bits per heavy atom. The molecule has 0 N–H and O–H groups in total. The average Bonchev–Trinajstić information content (AvgIpc) is 2.68. The molecule has 6 heteroatoms. The van der Waals surface area contributed by atoms with E-state index in [-0.39, 0.29) is 11.9 Å². The summed E-state index contributed by atoms with van der Waals surface area (Å²) in [6, 6.07) is 7.40. The number of rotatable bonds is 5. The largest absolute Gasteiger partial charge is 0.497 e. The summed E-state index contributed by atoms with van der Waals surface area (Å²) in [5.74, 6) is 1.76. The van der Waals surface area contributed by atoms with Gasteiger partial charge in [-0.05, 0) is 45.0 Å². The molecule has 1 aliphatic heterocycles. The lowest BCUT2D eigenvalue weighted by atomic mass is 10.1. The first-order chi connectivity index (χ1) is 13.0. The lowest BCUT2D eigenvalue weighted by molar-refractivity contribution is -0.125. The second-order valence-corrected chi connectivity index (χ2v) is 6.88. The van der Waals surface area contributed by atoms with E-state index in [0.717, 1.165) is 40.6 Å². The Morgan fingerprint density at radius 2 is 1.81 bits per heavy atom. The quantitative estimate of drug-likeness (QED) is 0.811. The van der Waals surface area contributed by atoms with Crippen LogP contribution in [0.25, 0.3) is 0 Å². The zero-order valence-electron chi connectivity index (χ0n) is 16.7. The zero-order chi connectivity index (χ0) is 19.6. The van der Waals surface area contributed by atoms with Crippen molar-refractivity contribution in [2.45, 2.75) is 33.4 Å². The summed E-state index contributed by atoms with van der Waals surface area (Å²) in [5.41, 5.74) is 3.91. The van der Waals surface area contributed by atoms with Crippen LogP contribution in [0.15, 0.2) is 30.5 Å². The van der Waals surface area contributed by atoms with Crippen LogP contribution in [0.3, 0.4) is 0 Å². The first-order valence-electron chi connectivity index (χ1n) is 9.14. The second-order valence-electron chi connectivity index (χ2n) is 6.88. The van der Waals surface area contributed by atoms with Gasteiger partial charge in [0.1, 0.15) is 11.5 Å². The zero-order valence-corrected chi connectivity index (χ0v) is 16.7. The van der Waals surface area contributed by atoms with Crippen molar-refractivity contribution in [3.63, 3.8) is 0 Å². The van der Waals surface area contributed by atoms with Crippen LogP contribution >= 0.6 is 0 Å². The van der Waals surface area contributed by atoms with E-state index in [0.29, 0.717) is 13.1 Å². The fraction of sp³-hybridized carbons (Fsp3) is 0.429. The molecule has 0 aliphatic carbocycles. The Labute approximate surface area is 160 Å². The molecule has 0 unspecified atom stereocenters. The summed E-state index contributed by atoms with van der Waals surface area (Å²) in [6.07, 6.45) is 1.83. The Bertz CT molecular complexity index is 820. The van der Waals surface area contributed by atoms with Gasteiger partial charge in [0.05, 0.1) is 26.0 Å². The number of hydrogen-bond donors (Lipinski definition) is 0. The second kappa shape index (κ2) is 7.96. The molecule has 1 aromatic heterocycles. The number of ether oxygens (including phenoxy) is 2. The minimum Gasteiger partial charge on any atom is -0.497 e. The molecule has 1 aliphatic rings. The first kappa shape index (κ1) is 19.2. The number of methoxy groups -OCH3 is 2. The average molecular weight is 369 g/mol. The van der Waals surface area contributed by atoms with Crippen LogP contribution in [0.1, 0.15) is 23.7 Å². The van der Waals surface area contributed by atoms with Crippen LogP contribution in [0, 0.1) is 13.8 Å². The number of nitrogens with zero attached hydrogens (tertiary/aromatic N) is 3. The predicted octanol–water partition coefficient (Wildman–Crippen LogP) is 2.95. The van der Waals surface area contributed by atoms with E-state index in [2.05, 4.69) is 9.88 Å². The Kier molecular flexibility index (Phi) is 5.65. The molecule has 144 valence electrons. The van der Waals surface area contributed by atoms with Gasteiger partial charge in [-0.2, -0.15) is 0 Å². The lowest BCUT2D eigenvalue weighted by Gasteiger charge is -2.39. The third-order valence-electron chi connectivity index (χ3n) is 5.27. The maximum Gasteiger partial charge on any atom is 0.244 e. The third-order valence-corrected chi connectivity index (χ3v) is 5.27. The van der Waals surface area contributed by atoms with Crippen molar-refractivity contribution in [3.05, 3.63) is 47.3 Å². The third kappa shape index (κ3) is 3.76. The number of hydrogen-bond acceptors (Lipinski definition) is 5. The number of benzene rings is 1. The van der Waals surface area contributed by atoms with Crippen LogP contribution < -0.4 is 14.4 Å². The molecular weight excluding hydrogens is 342 g/mol. The lowest BCUT2D eigenvalue weighted by Crippen LogP contribution is -2.55. The van der Waals surface area contributed by atoms with Gasteiger partial charge in [0.25, 0.3) is 0 Å². The first-order valence-corrected chi connectivity index (χ1v) is 9.14. The van der Waals surface area contributed by atoms with E-state index in [1.165, 1.54) is 0 Å². The number of pyridine rings is 1. The number of carbonyl (C=O) groups is 1. The van der Waals surface area contributed by atoms with Gasteiger partial charge in [-0.3, -0.25) is 14.7 Å². The van der Waals surface area contributed by atoms with Crippen molar-refractivity contribution in [3.8, 4) is 11.5 Å². The Hall–Kier alpha value is -2.60. The minimum absolute atomic E-state index is 0.100. The summed E-state index contributed by atoms with van der Waals surface area (Å²) in [7, 11) is 3.32. The number of anilines is 1. The van der Waals surface area contributed by atoms with E-state index >= 15 is 0 Å². The summed E-state index contributed by atoms with van der Waals surface area (Å²) in [6.45, 7) is 8.04. The SMILES string of the molecule is COc1ccc(N2CCN(Cc3ncc(C)c(OC)c3C)[C@@H](C)C2=O)cc1. The van der Waals surface area contributed by atoms with Gasteiger partial charge in [-0.1, -0.05) is 0 Å². The minimum atomic E-state index is -0.214. The van der Waals surface area contributed by atoms with Crippen LogP contribution in [0.2, 0.25) is 0 Å². The van der Waals surface area contributed by atoms with Crippen LogP contribution in [-0.2, 0) is 11.3 Å². The Morgan fingerprint density at radius 3 is 2.44 bits per heavy atom. The van der Waals surface area contributed by atoms with Gasteiger partial charge in [-0.25, -0.2) is 0 Å². The molecule has 27 heavy (non-hydrogen) atoms. The van der Waals surface area contributed by atoms with Gasteiger partial charge in [0.2, 0.25) is 5.91 Å². The number of piperazine rings is 1.